The number of rotatable bonds is 8. The van der Waals surface area contributed by atoms with E-state index in [1.54, 1.807) is 13.8 Å². The number of thioether (sulfide) groups is 1. The fourth-order valence-electron chi connectivity index (χ4n) is 1.98. The molecule has 0 bridgehead atoms. The molecule has 0 spiro atoms. The Morgan fingerprint density at radius 2 is 1.96 bits per heavy atom. The van der Waals surface area contributed by atoms with Crippen molar-refractivity contribution in [2.24, 2.45) is 0 Å². The molecule has 11 heteroatoms. The van der Waals surface area contributed by atoms with E-state index in [9.17, 15) is 18.4 Å². The molecular formula is C17H18F2N4O4S. The van der Waals surface area contributed by atoms with Crippen molar-refractivity contribution < 1.29 is 27.8 Å². The molecule has 1 amide bonds. The average molecular weight is 412 g/mol. The van der Waals surface area contributed by atoms with Crippen LogP contribution in [-0.2, 0) is 9.53 Å². The second-order valence-corrected chi connectivity index (χ2v) is 6.63. The van der Waals surface area contributed by atoms with Crippen LogP contribution < -0.4 is 15.8 Å². The van der Waals surface area contributed by atoms with E-state index in [1.165, 1.54) is 30.5 Å². The van der Waals surface area contributed by atoms with Gasteiger partial charge in [0.05, 0.1) is 11.9 Å². The number of alkyl halides is 2. The smallest absolute Gasteiger partial charge is 0.387 e. The first-order valence-electron chi connectivity index (χ1n) is 8.12. The fraction of sp³-hybridized carbons (Fsp3) is 0.294. The van der Waals surface area contributed by atoms with Crippen molar-refractivity contribution in [2.75, 3.05) is 17.7 Å². The first-order valence-corrected chi connectivity index (χ1v) is 9.00. The monoisotopic (exact) mass is 412 g/mol. The van der Waals surface area contributed by atoms with Crippen molar-refractivity contribution in [3.8, 4) is 5.75 Å². The number of nitrogens with one attached hydrogen (secondary N) is 1. The second-order valence-electron chi connectivity index (χ2n) is 5.32. The Kier molecular flexibility index (Phi) is 7.50. The molecule has 0 aliphatic heterocycles. The van der Waals surface area contributed by atoms with Crippen LogP contribution in [-0.4, -0.2) is 40.3 Å². The lowest BCUT2D eigenvalue weighted by Crippen LogP contribution is -2.22. The molecule has 0 aliphatic carbocycles. The number of halogens is 2. The van der Waals surface area contributed by atoms with E-state index in [-0.39, 0.29) is 34.8 Å². The van der Waals surface area contributed by atoms with Crippen molar-refractivity contribution in [1.82, 2.24) is 9.97 Å². The van der Waals surface area contributed by atoms with Gasteiger partial charge in [0.25, 0.3) is 0 Å². The molecule has 1 heterocycles. The van der Waals surface area contributed by atoms with Gasteiger partial charge < -0.3 is 20.5 Å². The van der Waals surface area contributed by atoms with Gasteiger partial charge in [-0.05, 0) is 38.1 Å². The zero-order valence-corrected chi connectivity index (χ0v) is 15.8. The van der Waals surface area contributed by atoms with Crippen LogP contribution >= 0.6 is 11.8 Å². The van der Waals surface area contributed by atoms with Crippen molar-refractivity contribution in [3.63, 3.8) is 0 Å². The summed E-state index contributed by atoms with van der Waals surface area (Å²) in [5.41, 5.74) is 6.21. The van der Waals surface area contributed by atoms with Crippen molar-refractivity contribution >= 4 is 35.1 Å². The molecule has 150 valence electrons. The number of nitrogen functional groups attached to an aromatic ring is 1. The lowest BCUT2D eigenvalue weighted by molar-refractivity contribution is -0.115. The Morgan fingerprint density at radius 1 is 1.29 bits per heavy atom. The summed E-state index contributed by atoms with van der Waals surface area (Å²) in [6.45, 7) is 0.576. The zero-order valence-electron chi connectivity index (χ0n) is 15.0. The molecule has 0 radical (unpaired) electrons. The Balaban J connectivity index is 1.96. The maximum Gasteiger partial charge on any atom is 0.387 e. The number of hydrogen-bond donors (Lipinski definition) is 2. The van der Waals surface area contributed by atoms with Gasteiger partial charge in [-0.3, -0.25) is 4.79 Å². The van der Waals surface area contributed by atoms with Crippen LogP contribution in [0.4, 0.5) is 20.3 Å². The molecule has 2 rings (SSSR count). The molecule has 0 aliphatic rings. The molecule has 2 aromatic rings. The first-order chi connectivity index (χ1) is 13.3. The van der Waals surface area contributed by atoms with E-state index in [4.69, 9.17) is 10.5 Å². The molecule has 1 aromatic heterocycles. The molecule has 1 aromatic carbocycles. The average Bonchev–Trinajstić information content (AvgIpc) is 2.63. The maximum atomic E-state index is 12.3. The van der Waals surface area contributed by atoms with Crippen molar-refractivity contribution in [3.05, 3.63) is 36.0 Å². The van der Waals surface area contributed by atoms with Gasteiger partial charge in [0, 0.05) is 11.9 Å². The van der Waals surface area contributed by atoms with Crippen LogP contribution in [0, 0.1) is 0 Å². The summed E-state index contributed by atoms with van der Waals surface area (Å²) in [4.78, 5) is 32.0. The molecule has 0 fully saturated rings. The topological polar surface area (TPSA) is 116 Å². The third-order valence-corrected chi connectivity index (χ3v) is 4.27. The summed E-state index contributed by atoms with van der Waals surface area (Å²) in [6.07, 6.45) is 1.25. The Bertz CT molecular complexity index is 836. The molecular weight excluding hydrogens is 394 g/mol. The van der Waals surface area contributed by atoms with Crippen molar-refractivity contribution in [1.29, 1.82) is 0 Å². The summed E-state index contributed by atoms with van der Waals surface area (Å²) < 4.78 is 33.4. The number of amides is 1. The normalized spacial score (nSPS) is 11.8. The van der Waals surface area contributed by atoms with Gasteiger partial charge in [0.2, 0.25) is 5.91 Å². The molecule has 1 atom stereocenters. The minimum Gasteiger partial charge on any atom is -0.462 e. The highest BCUT2D eigenvalue weighted by Gasteiger charge is 2.19. The third-order valence-electron chi connectivity index (χ3n) is 3.29. The highest BCUT2D eigenvalue weighted by Crippen LogP contribution is 2.23. The molecule has 0 saturated carbocycles. The second kappa shape index (κ2) is 9.83. The van der Waals surface area contributed by atoms with Crippen LogP contribution in [0.5, 0.6) is 5.75 Å². The number of benzene rings is 1. The minimum absolute atomic E-state index is 0.0130. The van der Waals surface area contributed by atoms with Gasteiger partial charge in [-0.15, -0.1) is 0 Å². The predicted molar refractivity (Wildman–Crippen MR) is 99.4 cm³/mol. The van der Waals surface area contributed by atoms with E-state index in [1.807, 2.05) is 0 Å². The first kappa shape index (κ1) is 21.4. The van der Waals surface area contributed by atoms with Crippen LogP contribution in [0.25, 0.3) is 0 Å². The number of aromatic nitrogens is 2. The van der Waals surface area contributed by atoms with E-state index in [0.717, 1.165) is 11.8 Å². The summed E-state index contributed by atoms with van der Waals surface area (Å²) in [5.74, 6) is -1.04. The quantitative estimate of drug-likeness (QED) is 0.386. The van der Waals surface area contributed by atoms with Crippen molar-refractivity contribution in [2.45, 2.75) is 30.9 Å². The van der Waals surface area contributed by atoms with E-state index in [0.29, 0.717) is 5.69 Å². The minimum atomic E-state index is -2.92. The largest absolute Gasteiger partial charge is 0.462 e. The number of nitrogens with zero attached hydrogens (tertiary/aromatic N) is 2. The number of carbonyl (C=O) groups is 2. The number of carbonyl (C=O) groups excluding carboxylic acids is 2. The number of hydrogen-bond acceptors (Lipinski definition) is 8. The van der Waals surface area contributed by atoms with E-state index < -0.39 is 17.8 Å². The fourth-order valence-corrected chi connectivity index (χ4v) is 2.72. The zero-order chi connectivity index (χ0) is 20.7. The Morgan fingerprint density at radius 3 is 2.54 bits per heavy atom. The van der Waals surface area contributed by atoms with Gasteiger partial charge in [0.1, 0.15) is 17.1 Å². The summed E-state index contributed by atoms with van der Waals surface area (Å²) in [5, 5.41) is 2.26. The molecule has 8 nitrogen and oxygen atoms in total. The number of nitrogens with two attached hydrogens (primary N) is 1. The molecule has 28 heavy (non-hydrogen) atoms. The van der Waals surface area contributed by atoms with Gasteiger partial charge in [-0.2, -0.15) is 8.78 Å². The highest BCUT2D eigenvalue weighted by atomic mass is 32.2. The number of anilines is 2. The van der Waals surface area contributed by atoms with Gasteiger partial charge in [-0.25, -0.2) is 14.8 Å². The van der Waals surface area contributed by atoms with Crippen LogP contribution in [0.3, 0.4) is 0 Å². The molecule has 0 saturated heterocycles. The van der Waals surface area contributed by atoms with Crippen LogP contribution in [0.15, 0.2) is 35.6 Å². The lowest BCUT2D eigenvalue weighted by atomic mass is 10.3. The highest BCUT2D eigenvalue weighted by molar-refractivity contribution is 8.00. The standard InChI is InChI=1S/C17H18F2N4O4S/c1-3-26-15(25)12-8-21-17(23-13(12)20)28-9(2)14(24)22-10-4-6-11(7-5-10)27-16(18)19/h4-9,16H,3H2,1-2H3,(H,22,24)(H2,20,21,23)/t9-/m0/s1. The van der Waals surface area contributed by atoms with Gasteiger partial charge in [-0.1, -0.05) is 11.8 Å². The molecule has 0 unspecified atom stereocenters. The lowest BCUT2D eigenvalue weighted by Gasteiger charge is -2.12. The van der Waals surface area contributed by atoms with Gasteiger partial charge in [0.15, 0.2) is 5.16 Å². The van der Waals surface area contributed by atoms with E-state index in [2.05, 4.69) is 20.0 Å². The number of esters is 1. The van der Waals surface area contributed by atoms with Crippen LogP contribution in [0.1, 0.15) is 24.2 Å². The van der Waals surface area contributed by atoms with Crippen LogP contribution in [0.2, 0.25) is 0 Å². The predicted octanol–water partition coefficient (Wildman–Crippen LogP) is 2.96. The van der Waals surface area contributed by atoms with E-state index >= 15 is 0 Å². The third kappa shape index (κ3) is 6.05. The Labute approximate surface area is 163 Å². The molecule has 3 N–H and O–H groups in total. The summed E-state index contributed by atoms with van der Waals surface area (Å²) in [6, 6.07) is 5.51. The summed E-state index contributed by atoms with van der Waals surface area (Å²) in [7, 11) is 0. The maximum absolute atomic E-state index is 12.3. The SMILES string of the molecule is CCOC(=O)c1cnc(S[C@@H](C)C(=O)Nc2ccc(OC(F)F)cc2)nc1N. The van der Waals surface area contributed by atoms with Gasteiger partial charge >= 0.3 is 12.6 Å². The number of ether oxygens (including phenoxy) is 2. The Hall–Kier alpha value is -2.95. The summed E-state index contributed by atoms with van der Waals surface area (Å²) >= 11 is 1.04.